The molecule has 0 saturated carbocycles. The molecule has 1 aliphatic carbocycles. The maximum absolute atomic E-state index is 14.7. The number of likely N-dealkylation sites (tertiary alicyclic amines) is 1. The minimum atomic E-state index is -1.01. The van der Waals surface area contributed by atoms with E-state index in [1.54, 1.807) is 37.1 Å². The first kappa shape index (κ1) is 52.7. The average Bonchev–Trinajstić information content (AvgIpc) is 3.60. The summed E-state index contributed by atoms with van der Waals surface area (Å²) in [6.07, 6.45) is 9.05. The zero-order valence-electron chi connectivity index (χ0n) is 43.2. The summed E-state index contributed by atoms with van der Waals surface area (Å²) < 4.78 is 6.23. The van der Waals surface area contributed by atoms with Gasteiger partial charge in [0.1, 0.15) is 23.9 Å². The zero-order valence-corrected chi connectivity index (χ0v) is 43.2. The van der Waals surface area contributed by atoms with Crippen LogP contribution in [0.2, 0.25) is 0 Å². The third-order valence-corrected chi connectivity index (χ3v) is 15.4. The van der Waals surface area contributed by atoms with E-state index in [0.717, 1.165) is 90.0 Å². The number of benzene rings is 3. The van der Waals surface area contributed by atoms with E-state index < -0.39 is 47.3 Å². The lowest BCUT2D eigenvalue weighted by Gasteiger charge is -2.41. The molecule has 0 spiro atoms. The molecule has 17 heteroatoms. The fourth-order valence-corrected chi connectivity index (χ4v) is 10.7. The van der Waals surface area contributed by atoms with Crippen molar-refractivity contribution in [1.82, 2.24) is 36.0 Å². The number of nitrogens with zero attached hydrogens (tertiary/aromatic N) is 4. The lowest BCUT2D eigenvalue weighted by molar-refractivity contribution is -0.149. The highest BCUT2D eigenvalue weighted by Crippen LogP contribution is 2.36. The minimum Gasteiger partial charge on any atom is -0.494 e. The number of amides is 8. The second-order valence-corrected chi connectivity index (χ2v) is 21.5. The predicted octanol–water partition coefficient (Wildman–Crippen LogP) is 4.99. The van der Waals surface area contributed by atoms with Gasteiger partial charge in [-0.15, -0.1) is 0 Å². The third kappa shape index (κ3) is 11.6. The number of carbonyl (C=O) groups is 8. The van der Waals surface area contributed by atoms with Gasteiger partial charge in [-0.05, 0) is 110 Å². The quantitative estimate of drug-likeness (QED) is 0.0931. The normalized spacial score (nSPS) is 20.7. The minimum absolute atomic E-state index is 0.00754. The highest BCUT2D eigenvalue weighted by molar-refractivity contribution is 6.23. The number of rotatable bonds is 19. The lowest BCUT2D eigenvalue weighted by Crippen LogP contribution is -2.62. The Morgan fingerprint density at radius 1 is 0.795 bits per heavy atom. The van der Waals surface area contributed by atoms with E-state index in [9.17, 15) is 38.4 Å². The number of hydrogen-bond acceptors (Lipinski definition) is 11. The summed E-state index contributed by atoms with van der Waals surface area (Å²) in [7, 11) is 3.06. The average molecular weight is 1000 g/mol. The summed E-state index contributed by atoms with van der Waals surface area (Å²) in [4.78, 5) is 112. The van der Waals surface area contributed by atoms with E-state index in [-0.39, 0.29) is 72.0 Å². The number of aryl methyl sites for hydroxylation is 1. The standard InChI is InChI=1S/C56H72N8O9/c1-34(57-5)49(66)60-48(56(2,3)4)55(72)63-33-37-28-40(22-20-36(37)29-46(63)51(68)59-44-19-15-17-35-16-11-12-18-41(35)44)73-27-14-10-8-7-9-13-26-58-50(67)38-31-62(32-38)39-21-23-42-43(30-39)53(70)64(52(42)69)45-24-25-47(65)61(6)54(45)71/h11-12,16,18,20-23,28,30,34,38,44-46,48,57H,7-10,13-15,17,19,24-27,29,31-33H2,1-6H3,(H,58,67)(H,59,68)(H,60,66)/t34-,44+,45?,46-,48+/m0/s1. The van der Waals surface area contributed by atoms with E-state index in [2.05, 4.69) is 33.4 Å². The number of unbranched alkanes of at least 4 members (excludes halogenated alkanes) is 5. The van der Waals surface area contributed by atoms with Gasteiger partial charge >= 0.3 is 0 Å². The Morgan fingerprint density at radius 2 is 1.52 bits per heavy atom. The summed E-state index contributed by atoms with van der Waals surface area (Å²) >= 11 is 0. The smallest absolute Gasteiger partial charge is 0.262 e. The van der Waals surface area contributed by atoms with Crippen molar-refractivity contribution in [3.05, 3.63) is 94.0 Å². The highest BCUT2D eigenvalue weighted by atomic mass is 16.5. The molecule has 8 amide bonds. The molecule has 5 aliphatic rings. The van der Waals surface area contributed by atoms with Crippen LogP contribution in [0.3, 0.4) is 0 Å². The van der Waals surface area contributed by atoms with Crippen LogP contribution < -0.4 is 30.9 Å². The van der Waals surface area contributed by atoms with Crippen molar-refractivity contribution in [3.63, 3.8) is 0 Å². The first-order chi connectivity index (χ1) is 34.9. The zero-order chi connectivity index (χ0) is 52.1. The summed E-state index contributed by atoms with van der Waals surface area (Å²) in [5.41, 5.74) is 4.80. The van der Waals surface area contributed by atoms with Crippen LogP contribution in [0.1, 0.15) is 141 Å². The van der Waals surface area contributed by atoms with Crippen molar-refractivity contribution >= 4 is 52.9 Å². The molecule has 0 bridgehead atoms. The lowest BCUT2D eigenvalue weighted by atomic mass is 9.83. The summed E-state index contributed by atoms with van der Waals surface area (Å²) in [5.74, 6) is -2.26. The number of anilines is 1. The molecule has 2 fully saturated rings. The van der Waals surface area contributed by atoms with E-state index in [1.807, 2.05) is 56.0 Å². The number of fused-ring (bicyclic) bond motifs is 3. The van der Waals surface area contributed by atoms with Crippen LogP contribution >= 0.6 is 0 Å². The third-order valence-electron chi connectivity index (χ3n) is 15.4. The summed E-state index contributed by atoms with van der Waals surface area (Å²) in [6.45, 7) is 9.81. The van der Waals surface area contributed by atoms with Crippen LogP contribution in [0.5, 0.6) is 5.75 Å². The second-order valence-electron chi connectivity index (χ2n) is 21.5. The number of likely N-dealkylation sites (N-methyl/N-ethyl adjacent to an activating group) is 2. The molecular weight excluding hydrogens is 929 g/mol. The Kier molecular flexibility index (Phi) is 16.4. The van der Waals surface area contributed by atoms with E-state index in [4.69, 9.17) is 4.74 Å². The van der Waals surface area contributed by atoms with Crippen LogP contribution in [0.25, 0.3) is 0 Å². The molecule has 17 nitrogen and oxygen atoms in total. The van der Waals surface area contributed by atoms with Gasteiger partial charge < -0.3 is 35.8 Å². The second kappa shape index (κ2) is 22.7. The van der Waals surface area contributed by atoms with Gasteiger partial charge in [-0.2, -0.15) is 0 Å². The molecule has 8 rings (SSSR count). The van der Waals surface area contributed by atoms with Gasteiger partial charge in [0.15, 0.2) is 0 Å². The van der Waals surface area contributed by atoms with Gasteiger partial charge in [0.2, 0.25) is 29.5 Å². The molecule has 2 saturated heterocycles. The predicted molar refractivity (Wildman–Crippen MR) is 274 cm³/mol. The number of ether oxygens (including phenoxy) is 1. The summed E-state index contributed by atoms with van der Waals surface area (Å²) in [5, 5.41) is 12.3. The van der Waals surface area contributed by atoms with Gasteiger partial charge in [0.25, 0.3) is 17.7 Å². The van der Waals surface area contributed by atoms with E-state index >= 15 is 0 Å². The largest absolute Gasteiger partial charge is 0.494 e. The van der Waals surface area contributed by atoms with Crippen molar-refractivity contribution in [3.8, 4) is 5.75 Å². The van der Waals surface area contributed by atoms with E-state index in [1.165, 1.54) is 12.6 Å². The Bertz CT molecular complexity index is 2620. The van der Waals surface area contributed by atoms with Crippen LogP contribution in [0.15, 0.2) is 60.7 Å². The van der Waals surface area contributed by atoms with Crippen LogP contribution in [-0.4, -0.2) is 126 Å². The van der Waals surface area contributed by atoms with Crippen molar-refractivity contribution in [1.29, 1.82) is 0 Å². The fourth-order valence-electron chi connectivity index (χ4n) is 10.7. The molecule has 73 heavy (non-hydrogen) atoms. The van der Waals surface area contributed by atoms with Gasteiger partial charge in [0, 0.05) is 51.8 Å². The summed E-state index contributed by atoms with van der Waals surface area (Å²) in [6, 6.07) is 15.8. The van der Waals surface area contributed by atoms with Gasteiger partial charge in [-0.25, -0.2) is 0 Å². The highest BCUT2D eigenvalue weighted by Gasteiger charge is 2.47. The molecule has 4 heterocycles. The Morgan fingerprint density at radius 3 is 2.27 bits per heavy atom. The Labute approximate surface area is 428 Å². The SMILES string of the molecule is CN[C@@H](C)C(=O)N[C@H](C(=O)N1Cc2cc(OCCCCCCCCNC(=O)C3CN(c4ccc5c(c4)C(=O)N(C4CCC(=O)N(C)C4=O)C5=O)C3)ccc2C[C@H]1C(=O)N[C@@H]1CCCc2ccccc21)C(C)(C)C. The van der Waals surface area contributed by atoms with Crippen molar-refractivity contribution in [2.45, 2.75) is 141 Å². The van der Waals surface area contributed by atoms with Crippen LogP contribution in [0, 0.1) is 11.3 Å². The molecule has 0 aromatic heterocycles. The molecule has 3 aromatic carbocycles. The maximum Gasteiger partial charge on any atom is 0.262 e. The number of hydrogen-bond donors (Lipinski definition) is 4. The number of piperidine rings is 1. The topological polar surface area (TPSA) is 207 Å². The van der Waals surface area contributed by atoms with E-state index in [0.29, 0.717) is 38.4 Å². The number of nitrogens with one attached hydrogen (secondary N) is 4. The van der Waals surface area contributed by atoms with Crippen LogP contribution in [0.4, 0.5) is 5.69 Å². The first-order valence-electron chi connectivity index (χ1n) is 26.2. The molecular formula is C56H72N8O9. The van der Waals surface area contributed by atoms with Gasteiger partial charge in [-0.1, -0.05) is 76.8 Å². The molecule has 390 valence electrons. The maximum atomic E-state index is 14.7. The van der Waals surface area contributed by atoms with Crippen LogP contribution in [-0.2, 0) is 48.2 Å². The molecule has 0 radical (unpaired) electrons. The van der Waals surface area contributed by atoms with Crippen molar-refractivity contribution in [2.75, 3.05) is 45.2 Å². The van der Waals surface area contributed by atoms with Crippen molar-refractivity contribution in [2.24, 2.45) is 11.3 Å². The molecule has 1 unspecified atom stereocenters. The Balaban J connectivity index is 0.763. The number of carbonyl (C=O) groups excluding carboxylic acids is 8. The van der Waals surface area contributed by atoms with Gasteiger partial charge in [-0.3, -0.25) is 48.2 Å². The fraction of sp³-hybridized carbons (Fsp3) is 0.536. The monoisotopic (exact) mass is 1000 g/mol. The molecule has 4 aliphatic heterocycles. The van der Waals surface area contributed by atoms with Gasteiger partial charge in [0.05, 0.1) is 35.7 Å². The Hall–Kier alpha value is -6.62. The van der Waals surface area contributed by atoms with Crippen molar-refractivity contribution < 1.29 is 43.1 Å². The first-order valence-corrected chi connectivity index (χ1v) is 26.2. The molecule has 3 aromatic rings. The molecule has 4 N–H and O–H groups in total. The molecule has 5 atom stereocenters. The number of imide groups is 2.